The molecule has 2 aromatic carbocycles. The maximum atomic E-state index is 10.5. The zero-order valence-corrected chi connectivity index (χ0v) is 18.7. The average molecular weight is 492 g/mol. The van der Waals surface area contributed by atoms with Crippen molar-refractivity contribution in [3.05, 3.63) is 101 Å². The van der Waals surface area contributed by atoms with Crippen molar-refractivity contribution in [1.82, 2.24) is 10.3 Å². The van der Waals surface area contributed by atoms with Gasteiger partial charge in [-0.2, -0.15) is 0 Å². The Balaban J connectivity index is 1.61. The molecule has 2 atom stereocenters. The summed E-state index contributed by atoms with van der Waals surface area (Å²) in [5, 5.41) is 14.4. The maximum absolute atomic E-state index is 10.5. The predicted octanol–water partition coefficient (Wildman–Crippen LogP) is 5.99. The predicted molar refractivity (Wildman–Crippen MR) is 128 cm³/mol. The fourth-order valence-electron chi connectivity index (χ4n) is 3.85. The van der Waals surface area contributed by atoms with E-state index in [-0.39, 0.29) is 17.8 Å². The van der Waals surface area contributed by atoms with E-state index >= 15 is 0 Å². The van der Waals surface area contributed by atoms with Crippen LogP contribution in [0.15, 0.2) is 93.9 Å². The number of hydrogen-bond donors (Lipinski definition) is 2. The highest BCUT2D eigenvalue weighted by Gasteiger charge is 2.43. The van der Waals surface area contributed by atoms with Crippen LogP contribution in [0.4, 0.5) is 5.69 Å². The van der Waals surface area contributed by atoms with Gasteiger partial charge >= 0.3 is 0 Å². The molecular weight excluding hydrogens is 474 g/mol. The van der Waals surface area contributed by atoms with E-state index in [9.17, 15) is 5.11 Å². The second kappa shape index (κ2) is 8.17. The summed E-state index contributed by atoms with van der Waals surface area (Å²) in [4.78, 5) is 6.44. The summed E-state index contributed by atoms with van der Waals surface area (Å²) in [7, 11) is 0. The Morgan fingerprint density at radius 1 is 0.968 bits per heavy atom. The molecule has 0 aliphatic carbocycles. The summed E-state index contributed by atoms with van der Waals surface area (Å²) in [5.74, 6) is 1.64. The number of para-hydroxylation sites is 2. The van der Waals surface area contributed by atoms with Crippen molar-refractivity contribution >= 4 is 38.9 Å². The fraction of sp³-hybridized carbons (Fsp3) is 0.0833. The number of pyridine rings is 1. The van der Waals surface area contributed by atoms with Crippen LogP contribution in [0, 0.1) is 0 Å². The summed E-state index contributed by atoms with van der Waals surface area (Å²) < 4.78 is 7.33. The smallest absolute Gasteiger partial charge is 0.174 e. The van der Waals surface area contributed by atoms with Crippen LogP contribution in [0.2, 0.25) is 0 Å². The van der Waals surface area contributed by atoms with Crippen LogP contribution in [-0.2, 0) is 0 Å². The van der Waals surface area contributed by atoms with Crippen LogP contribution in [0.3, 0.4) is 0 Å². The summed E-state index contributed by atoms with van der Waals surface area (Å²) in [5.41, 5.74) is 2.44. The first-order valence-corrected chi connectivity index (χ1v) is 11.0. The van der Waals surface area contributed by atoms with E-state index in [1.807, 2.05) is 71.6 Å². The van der Waals surface area contributed by atoms with Crippen LogP contribution in [-0.4, -0.2) is 15.2 Å². The quantitative estimate of drug-likeness (QED) is 0.342. The number of anilines is 1. The van der Waals surface area contributed by atoms with Gasteiger partial charge in [0.05, 0.1) is 17.4 Å². The maximum Gasteiger partial charge on any atom is 0.174 e. The van der Waals surface area contributed by atoms with Gasteiger partial charge in [-0.05, 0) is 60.7 Å². The number of aromatic hydroxyl groups is 1. The van der Waals surface area contributed by atoms with Gasteiger partial charge in [0.2, 0.25) is 0 Å². The number of aromatic nitrogens is 1. The third kappa shape index (κ3) is 3.71. The summed E-state index contributed by atoms with van der Waals surface area (Å²) in [6, 6.07) is 24.3. The molecule has 0 amide bonds. The first-order chi connectivity index (χ1) is 15.1. The van der Waals surface area contributed by atoms with Gasteiger partial charge < -0.3 is 19.7 Å². The number of rotatable bonds is 4. The van der Waals surface area contributed by atoms with Crippen molar-refractivity contribution in [3.63, 3.8) is 0 Å². The third-order valence-electron chi connectivity index (χ3n) is 5.29. The van der Waals surface area contributed by atoms with Gasteiger partial charge in [-0.15, -0.1) is 0 Å². The molecule has 0 spiro atoms. The van der Waals surface area contributed by atoms with E-state index in [0.29, 0.717) is 10.8 Å². The largest absolute Gasteiger partial charge is 0.506 e. The van der Waals surface area contributed by atoms with E-state index in [0.717, 1.165) is 27.3 Å². The van der Waals surface area contributed by atoms with Crippen molar-refractivity contribution in [2.45, 2.75) is 12.1 Å². The summed E-state index contributed by atoms with van der Waals surface area (Å²) >= 11 is 9.15. The molecule has 0 bridgehead atoms. The van der Waals surface area contributed by atoms with Gasteiger partial charge in [-0.25, -0.2) is 0 Å². The Morgan fingerprint density at radius 3 is 2.48 bits per heavy atom. The number of phenolic OH excluding ortho intramolecular Hbond substituents is 1. The highest BCUT2D eigenvalue weighted by atomic mass is 79.9. The van der Waals surface area contributed by atoms with Gasteiger partial charge in [0.1, 0.15) is 23.3 Å². The lowest BCUT2D eigenvalue weighted by Gasteiger charge is -2.26. The molecule has 2 N–H and O–H groups in total. The Labute approximate surface area is 193 Å². The van der Waals surface area contributed by atoms with Gasteiger partial charge in [-0.3, -0.25) is 4.98 Å². The molecule has 1 fully saturated rings. The normalized spacial score (nSPS) is 18.2. The lowest BCUT2D eigenvalue weighted by atomic mass is 10.0. The highest BCUT2D eigenvalue weighted by Crippen LogP contribution is 2.45. The van der Waals surface area contributed by atoms with Crippen LogP contribution >= 0.6 is 28.1 Å². The van der Waals surface area contributed by atoms with E-state index in [1.165, 1.54) is 0 Å². The fourth-order valence-corrected chi connectivity index (χ4v) is 4.46. The van der Waals surface area contributed by atoms with Crippen molar-refractivity contribution in [2.24, 2.45) is 0 Å². The minimum absolute atomic E-state index is 0.151. The van der Waals surface area contributed by atoms with E-state index in [2.05, 4.69) is 26.2 Å². The van der Waals surface area contributed by atoms with E-state index < -0.39 is 0 Å². The summed E-state index contributed by atoms with van der Waals surface area (Å²) in [6.45, 7) is 0. The first kappa shape index (κ1) is 19.8. The zero-order valence-electron chi connectivity index (χ0n) is 16.3. The number of halogens is 1. The Bertz CT molecular complexity index is 1230. The SMILES string of the molecule is Oc1ccccc1N1C(=S)N[C@@H](c2ccccn2)[C@@H]1c1ccc(-c2ccc(Br)cc2)o1. The minimum Gasteiger partial charge on any atom is -0.506 e. The molecular formula is C24H18BrN3O2S. The molecule has 5 nitrogen and oxygen atoms in total. The van der Waals surface area contributed by atoms with Gasteiger partial charge in [0.25, 0.3) is 0 Å². The molecule has 3 heterocycles. The molecule has 1 aliphatic rings. The van der Waals surface area contributed by atoms with Gasteiger partial charge in [0.15, 0.2) is 5.11 Å². The number of hydrogen-bond acceptors (Lipinski definition) is 4. The zero-order chi connectivity index (χ0) is 21.4. The van der Waals surface area contributed by atoms with Crippen LogP contribution in [0.25, 0.3) is 11.3 Å². The van der Waals surface area contributed by atoms with Crippen molar-refractivity contribution in [2.75, 3.05) is 4.90 Å². The lowest BCUT2D eigenvalue weighted by Crippen LogP contribution is -2.29. The average Bonchev–Trinajstić information content (AvgIpc) is 3.40. The second-order valence-electron chi connectivity index (χ2n) is 7.19. The third-order valence-corrected chi connectivity index (χ3v) is 6.13. The minimum atomic E-state index is -0.320. The van der Waals surface area contributed by atoms with Crippen molar-refractivity contribution in [1.29, 1.82) is 0 Å². The summed E-state index contributed by atoms with van der Waals surface area (Å²) in [6.07, 6.45) is 1.76. The lowest BCUT2D eigenvalue weighted by molar-refractivity contribution is 0.434. The van der Waals surface area contributed by atoms with Crippen LogP contribution in [0.1, 0.15) is 23.5 Å². The number of benzene rings is 2. The van der Waals surface area contributed by atoms with Crippen molar-refractivity contribution in [3.8, 4) is 17.1 Å². The van der Waals surface area contributed by atoms with Crippen LogP contribution in [0.5, 0.6) is 5.75 Å². The molecule has 0 radical (unpaired) electrons. The number of phenols is 1. The first-order valence-electron chi connectivity index (χ1n) is 9.76. The molecule has 5 rings (SSSR count). The molecule has 154 valence electrons. The molecule has 0 unspecified atom stereocenters. The van der Waals surface area contributed by atoms with E-state index in [4.69, 9.17) is 16.6 Å². The molecule has 7 heteroatoms. The molecule has 2 aromatic heterocycles. The molecule has 1 saturated heterocycles. The monoisotopic (exact) mass is 491 g/mol. The topological polar surface area (TPSA) is 61.5 Å². The number of furan rings is 1. The Hall–Kier alpha value is -3.16. The van der Waals surface area contributed by atoms with Crippen molar-refractivity contribution < 1.29 is 9.52 Å². The number of nitrogens with zero attached hydrogens (tertiary/aromatic N) is 2. The van der Waals surface area contributed by atoms with Crippen LogP contribution < -0.4 is 10.2 Å². The molecule has 0 saturated carbocycles. The molecule has 31 heavy (non-hydrogen) atoms. The van der Waals surface area contributed by atoms with E-state index in [1.54, 1.807) is 18.3 Å². The van der Waals surface area contributed by atoms with Gasteiger partial charge in [-0.1, -0.05) is 46.3 Å². The van der Waals surface area contributed by atoms with Gasteiger partial charge in [0, 0.05) is 16.2 Å². The Morgan fingerprint density at radius 2 is 1.74 bits per heavy atom. The number of thiocarbonyl (C=S) groups is 1. The second-order valence-corrected chi connectivity index (χ2v) is 8.50. The Kier molecular flexibility index (Phi) is 5.21. The molecule has 1 aliphatic heterocycles. The standard InChI is InChI=1S/C24H18BrN3O2S/c25-16-10-8-15(9-11-16)20-12-13-21(30-20)23-22(17-5-3-4-14-26-17)27-24(31)28(23)18-6-1-2-7-19(18)29/h1-14,22-23,29H,(H,27,31)/t22-,23-/m0/s1. The number of nitrogens with one attached hydrogen (secondary N) is 1. The molecule has 4 aromatic rings. The highest BCUT2D eigenvalue weighted by molar-refractivity contribution is 9.10.